The van der Waals surface area contributed by atoms with E-state index in [1.807, 2.05) is 0 Å². The van der Waals surface area contributed by atoms with Crippen LogP contribution < -0.4 is 0 Å². The van der Waals surface area contributed by atoms with Gasteiger partial charge < -0.3 is 0 Å². The van der Waals surface area contributed by atoms with E-state index < -0.39 is 0 Å². The quantitative estimate of drug-likeness (QED) is 0.570. The Morgan fingerprint density at radius 3 is 1.20 bits per heavy atom. The Labute approximate surface area is 68.7 Å². The zero-order valence-electron chi connectivity index (χ0n) is 7.69. The fourth-order valence-electron chi connectivity index (χ4n) is 1.28. The van der Waals surface area contributed by atoms with E-state index in [9.17, 15) is 0 Å². The van der Waals surface area contributed by atoms with Crippen LogP contribution >= 0.6 is 10.9 Å². The molecule has 0 aromatic carbocycles. The molecular weight excluding hydrogens is 140 g/mol. The van der Waals surface area contributed by atoms with Crippen LogP contribution in [0.15, 0.2) is 0 Å². The second-order valence-corrected chi connectivity index (χ2v) is 5.52. The van der Waals surface area contributed by atoms with Gasteiger partial charge in [-0.1, -0.05) is 20.8 Å². The molecule has 0 radical (unpaired) electrons. The molecule has 0 aromatic rings. The molecule has 0 unspecified atom stereocenters. The molecule has 0 heterocycles. The van der Waals surface area contributed by atoms with E-state index in [0.29, 0.717) is 10.9 Å². The van der Waals surface area contributed by atoms with Crippen molar-refractivity contribution in [3.8, 4) is 0 Å². The fourth-order valence-corrected chi connectivity index (χ4v) is 3.85. The first-order chi connectivity index (χ1) is 4.85. The molecule has 0 nitrogen and oxygen atoms in total. The van der Waals surface area contributed by atoms with Crippen LogP contribution in [0.25, 0.3) is 0 Å². The molecule has 0 rings (SSSR count). The summed E-state index contributed by atoms with van der Waals surface area (Å²) in [6, 6.07) is 0. The maximum Gasteiger partial charge on any atom is -0.0256 e. The molecular formula is C9H22S. The lowest BCUT2D eigenvalue weighted by atomic mass is 10.6. The Morgan fingerprint density at radius 1 is 0.700 bits per heavy atom. The van der Waals surface area contributed by atoms with Gasteiger partial charge in [0.1, 0.15) is 0 Å². The van der Waals surface area contributed by atoms with Crippen LogP contribution in [0, 0.1) is 0 Å². The van der Waals surface area contributed by atoms with Crippen LogP contribution in [-0.2, 0) is 0 Å². The fraction of sp³-hybridized carbons (Fsp3) is 1.00. The minimum absolute atomic E-state index is 0.439. The van der Waals surface area contributed by atoms with Gasteiger partial charge in [0.05, 0.1) is 0 Å². The van der Waals surface area contributed by atoms with Gasteiger partial charge in [0, 0.05) is 0 Å². The molecule has 0 bridgehead atoms. The van der Waals surface area contributed by atoms with Gasteiger partial charge in [-0.2, -0.15) is 0 Å². The largest absolute Gasteiger partial charge is 0.253 e. The first kappa shape index (κ1) is 10.3. The van der Waals surface area contributed by atoms with E-state index in [1.165, 1.54) is 36.5 Å². The van der Waals surface area contributed by atoms with E-state index in [4.69, 9.17) is 0 Å². The smallest absolute Gasteiger partial charge is 0.0256 e. The van der Waals surface area contributed by atoms with Crippen molar-refractivity contribution in [3.05, 3.63) is 0 Å². The van der Waals surface area contributed by atoms with E-state index in [0.717, 1.165) is 0 Å². The molecule has 0 atom stereocenters. The molecule has 0 aliphatic rings. The monoisotopic (exact) mass is 162 g/mol. The van der Waals surface area contributed by atoms with E-state index in [2.05, 4.69) is 20.8 Å². The summed E-state index contributed by atoms with van der Waals surface area (Å²) < 4.78 is 0. The second kappa shape index (κ2) is 7.46. The Morgan fingerprint density at radius 2 is 1.00 bits per heavy atom. The summed E-state index contributed by atoms with van der Waals surface area (Å²) in [7, 11) is 0.439. The van der Waals surface area contributed by atoms with Gasteiger partial charge in [0.2, 0.25) is 0 Å². The van der Waals surface area contributed by atoms with Crippen LogP contribution in [-0.4, -0.2) is 17.3 Å². The summed E-state index contributed by atoms with van der Waals surface area (Å²) in [4.78, 5) is 0. The zero-order valence-corrected chi connectivity index (χ0v) is 8.58. The van der Waals surface area contributed by atoms with Crippen molar-refractivity contribution in [1.29, 1.82) is 0 Å². The molecule has 64 valence electrons. The highest BCUT2D eigenvalue weighted by Crippen LogP contribution is 2.27. The van der Waals surface area contributed by atoms with Gasteiger partial charge in [0.25, 0.3) is 0 Å². The average molecular weight is 162 g/mol. The zero-order chi connectivity index (χ0) is 7.82. The minimum atomic E-state index is 0.439. The number of thiol groups is 1. The van der Waals surface area contributed by atoms with Crippen molar-refractivity contribution < 1.29 is 0 Å². The molecule has 0 N–H and O–H groups in total. The third-order valence-electron chi connectivity index (χ3n) is 1.62. The van der Waals surface area contributed by atoms with Crippen LogP contribution in [0.2, 0.25) is 0 Å². The highest BCUT2D eigenvalue weighted by molar-refractivity contribution is 8.17. The van der Waals surface area contributed by atoms with E-state index in [1.54, 1.807) is 0 Å². The van der Waals surface area contributed by atoms with Crippen LogP contribution in [0.1, 0.15) is 40.0 Å². The van der Waals surface area contributed by atoms with Gasteiger partial charge >= 0.3 is 0 Å². The summed E-state index contributed by atoms with van der Waals surface area (Å²) in [5, 5.41) is 0. The number of hydrogen-bond donors (Lipinski definition) is 1. The minimum Gasteiger partial charge on any atom is -0.253 e. The number of hydrogen-bond acceptors (Lipinski definition) is 0. The van der Waals surface area contributed by atoms with Crippen molar-refractivity contribution in [2.24, 2.45) is 0 Å². The van der Waals surface area contributed by atoms with Crippen LogP contribution in [0.3, 0.4) is 0 Å². The Balaban J connectivity index is 3.30. The summed E-state index contributed by atoms with van der Waals surface area (Å²) >= 11 is 0. The van der Waals surface area contributed by atoms with Gasteiger partial charge in [0.15, 0.2) is 0 Å². The van der Waals surface area contributed by atoms with Crippen molar-refractivity contribution >= 4 is 10.9 Å². The third-order valence-corrected chi connectivity index (χ3v) is 4.86. The Bertz CT molecular complexity index is 47.5. The molecule has 10 heavy (non-hydrogen) atoms. The molecule has 0 saturated heterocycles. The lowest BCUT2D eigenvalue weighted by Gasteiger charge is -2.18. The SMILES string of the molecule is CCC[SH](CCC)CCC. The molecule has 0 saturated carbocycles. The molecule has 1 heteroatoms. The van der Waals surface area contributed by atoms with E-state index >= 15 is 0 Å². The van der Waals surface area contributed by atoms with Gasteiger partial charge in [-0.05, 0) is 36.5 Å². The van der Waals surface area contributed by atoms with Crippen LogP contribution in [0.5, 0.6) is 0 Å². The van der Waals surface area contributed by atoms with Gasteiger partial charge in [-0.15, -0.1) is 0 Å². The predicted molar refractivity (Wildman–Crippen MR) is 54.5 cm³/mol. The summed E-state index contributed by atoms with van der Waals surface area (Å²) in [6.07, 6.45) is 4.18. The first-order valence-corrected chi connectivity index (χ1v) is 6.47. The maximum absolute atomic E-state index is 2.31. The normalized spacial score (nSPS) is 11.7. The van der Waals surface area contributed by atoms with E-state index in [-0.39, 0.29) is 0 Å². The highest BCUT2D eigenvalue weighted by Gasteiger charge is 1.98. The van der Waals surface area contributed by atoms with Crippen molar-refractivity contribution in [1.82, 2.24) is 0 Å². The highest BCUT2D eigenvalue weighted by atomic mass is 32.2. The molecule has 0 spiro atoms. The summed E-state index contributed by atoms with van der Waals surface area (Å²) in [6.45, 7) is 6.92. The van der Waals surface area contributed by atoms with Crippen LogP contribution in [0.4, 0.5) is 0 Å². The molecule has 0 aliphatic carbocycles. The molecule has 0 fully saturated rings. The van der Waals surface area contributed by atoms with Gasteiger partial charge in [-0.25, -0.2) is 0 Å². The molecule has 0 aliphatic heterocycles. The van der Waals surface area contributed by atoms with Gasteiger partial charge in [-0.3, -0.25) is 10.9 Å². The summed E-state index contributed by atoms with van der Waals surface area (Å²) in [5.74, 6) is 4.53. The number of rotatable bonds is 6. The first-order valence-electron chi connectivity index (χ1n) is 4.57. The third kappa shape index (κ3) is 5.16. The predicted octanol–water partition coefficient (Wildman–Crippen LogP) is 3.22. The lowest BCUT2D eigenvalue weighted by molar-refractivity contribution is 1.03. The molecule has 0 aromatic heterocycles. The lowest BCUT2D eigenvalue weighted by Crippen LogP contribution is -1.96. The second-order valence-electron chi connectivity index (χ2n) is 2.84. The Hall–Kier alpha value is 0.350. The standard InChI is InChI=1S/C9H22S/c1-4-7-10(8-5-2)9-6-3/h10H,4-9H2,1-3H3. The molecule has 0 amide bonds. The topological polar surface area (TPSA) is 0 Å². The maximum atomic E-state index is 2.31. The van der Waals surface area contributed by atoms with Crippen molar-refractivity contribution in [2.75, 3.05) is 17.3 Å². The average Bonchev–Trinajstić information content (AvgIpc) is 1.90. The summed E-state index contributed by atoms with van der Waals surface area (Å²) in [5.41, 5.74) is 0. The Kier molecular flexibility index (Phi) is 7.72. The van der Waals surface area contributed by atoms with Crippen molar-refractivity contribution in [2.45, 2.75) is 40.0 Å². The van der Waals surface area contributed by atoms with Crippen molar-refractivity contribution in [3.63, 3.8) is 0 Å².